The van der Waals surface area contributed by atoms with Crippen LogP contribution in [0.2, 0.25) is 0 Å². The van der Waals surface area contributed by atoms with Gasteiger partial charge >= 0.3 is 0 Å². The van der Waals surface area contributed by atoms with Crippen molar-refractivity contribution in [1.82, 2.24) is 0 Å². The van der Waals surface area contributed by atoms with E-state index < -0.39 is 10.6 Å². The largest absolute Gasteiger partial charge is 0.463 e. The summed E-state index contributed by atoms with van der Waals surface area (Å²) in [6, 6.07) is 13.0. The Balaban J connectivity index is 1.87. The van der Waals surface area contributed by atoms with Gasteiger partial charge in [0.2, 0.25) is 5.72 Å². The Morgan fingerprint density at radius 1 is 1.27 bits per heavy atom. The highest BCUT2D eigenvalue weighted by Gasteiger charge is 2.58. The Bertz CT molecular complexity index is 948. The van der Waals surface area contributed by atoms with Crippen LogP contribution in [0.4, 0.5) is 11.4 Å². The highest BCUT2D eigenvalue weighted by atomic mass is 16.6. The second-order valence-corrected chi connectivity index (χ2v) is 7.15. The molecule has 2 aliphatic heterocycles. The van der Waals surface area contributed by atoms with Gasteiger partial charge in [-0.2, -0.15) is 0 Å². The summed E-state index contributed by atoms with van der Waals surface area (Å²) in [5.41, 5.74) is 2.07. The summed E-state index contributed by atoms with van der Waals surface area (Å²) in [5.74, 6) is 0.646. The number of hydrogen-bond acceptors (Lipinski definition) is 4. The SMILES string of the molecule is C=CCN1c2ccccc2C(C)(C)[C@]12C=Cc1cc([N+](=O)[O-])ccc1O2. The predicted molar refractivity (Wildman–Crippen MR) is 103 cm³/mol. The second-order valence-electron chi connectivity index (χ2n) is 7.15. The van der Waals surface area contributed by atoms with Crippen molar-refractivity contribution in [3.8, 4) is 5.75 Å². The molecule has 0 aliphatic carbocycles. The topological polar surface area (TPSA) is 55.6 Å². The number of nitro benzene ring substituents is 1. The fourth-order valence-electron chi connectivity index (χ4n) is 4.07. The second kappa shape index (κ2) is 5.46. The molecule has 2 heterocycles. The lowest BCUT2D eigenvalue weighted by Crippen LogP contribution is -2.59. The van der Waals surface area contributed by atoms with E-state index in [9.17, 15) is 10.1 Å². The van der Waals surface area contributed by atoms with E-state index in [-0.39, 0.29) is 11.1 Å². The molecule has 0 bridgehead atoms. The molecule has 132 valence electrons. The van der Waals surface area contributed by atoms with Gasteiger partial charge in [0, 0.05) is 29.9 Å². The average Bonchev–Trinajstić information content (AvgIpc) is 2.81. The average molecular weight is 348 g/mol. The van der Waals surface area contributed by atoms with Gasteiger partial charge in [-0.05, 0) is 43.7 Å². The van der Waals surface area contributed by atoms with Crippen molar-refractivity contribution in [2.24, 2.45) is 0 Å². The van der Waals surface area contributed by atoms with E-state index in [0.717, 1.165) is 11.3 Å². The summed E-state index contributed by atoms with van der Waals surface area (Å²) in [4.78, 5) is 12.9. The zero-order valence-electron chi connectivity index (χ0n) is 14.8. The van der Waals surface area contributed by atoms with E-state index in [1.807, 2.05) is 30.4 Å². The maximum atomic E-state index is 11.0. The van der Waals surface area contributed by atoms with Gasteiger partial charge in [0.1, 0.15) is 5.75 Å². The molecular weight excluding hydrogens is 328 g/mol. The number of anilines is 1. The molecule has 0 saturated heterocycles. The van der Waals surface area contributed by atoms with E-state index >= 15 is 0 Å². The highest BCUT2D eigenvalue weighted by molar-refractivity contribution is 5.73. The summed E-state index contributed by atoms with van der Waals surface area (Å²) in [6.45, 7) is 8.86. The lowest BCUT2D eigenvalue weighted by atomic mass is 9.76. The van der Waals surface area contributed by atoms with Gasteiger partial charge in [0.15, 0.2) is 0 Å². The van der Waals surface area contributed by atoms with E-state index in [1.54, 1.807) is 12.1 Å². The highest BCUT2D eigenvalue weighted by Crippen LogP contribution is 2.54. The minimum atomic E-state index is -0.714. The van der Waals surface area contributed by atoms with Crippen molar-refractivity contribution in [2.45, 2.75) is 25.0 Å². The predicted octanol–water partition coefficient (Wildman–Crippen LogP) is 4.68. The summed E-state index contributed by atoms with van der Waals surface area (Å²) >= 11 is 0. The summed E-state index contributed by atoms with van der Waals surface area (Å²) in [7, 11) is 0. The summed E-state index contributed by atoms with van der Waals surface area (Å²) in [6.07, 6.45) is 5.81. The summed E-state index contributed by atoms with van der Waals surface area (Å²) < 4.78 is 6.55. The van der Waals surface area contributed by atoms with E-state index in [4.69, 9.17) is 4.74 Å². The first kappa shape index (κ1) is 16.4. The quantitative estimate of drug-likeness (QED) is 0.459. The van der Waals surface area contributed by atoms with Crippen LogP contribution in [-0.4, -0.2) is 17.2 Å². The molecular formula is C21H20N2O3. The first-order valence-corrected chi connectivity index (χ1v) is 8.55. The number of fused-ring (bicyclic) bond motifs is 2. The van der Waals surface area contributed by atoms with Crippen LogP contribution >= 0.6 is 0 Å². The first-order valence-electron chi connectivity index (χ1n) is 8.55. The lowest BCUT2D eigenvalue weighted by molar-refractivity contribution is -0.384. The van der Waals surface area contributed by atoms with Gasteiger partial charge in [-0.25, -0.2) is 0 Å². The lowest BCUT2D eigenvalue weighted by Gasteiger charge is -2.46. The van der Waals surface area contributed by atoms with E-state index in [1.165, 1.54) is 11.6 Å². The molecule has 2 aliphatic rings. The number of nitro groups is 1. The molecule has 0 amide bonds. The molecule has 2 aromatic rings. The number of para-hydroxylation sites is 1. The van der Waals surface area contributed by atoms with Crippen LogP contribution in [-0.2, 0) is 5.41 Å². The van der Waals surface area contributed by atoms with Gasteiger partial charge in [-0.15, -0.1) is 6.58 Å². The third-order valence-electron chi connectivity index (χ3n) is 5.43. The van der Waals surface area contributed by atoms with E-state index in [0.29, 0.717) is 12.3 Å². The monoisotopic (exact) mass is 348 g/mol. The minimum absolute atomic E-state index is 0.0601. The molecule has 4 rings (SSSR count). The van der Waals surface area contributed by atoms with Gasteiger partial charge in [-0.3, -0.25) is 10.1 Å². The number of non-ortho nitro benzene ring substituents is 1. The molecule has 0 fully saturated rings. The smallest absolute Gasteiger partial charge is 0.270 e. The van der Waals surface area contributed by atoms with Gasteiger partial charge in [-0.1, -0.05) is 24.3 Å². The molecule has 0 N–H and O–H groups in total. The first-order chi connectivity index (χ1) is 12.4. The Morgan fingerprint density at radius 2 is 2.04 bits per heavy atom. The maximum Gasteiger partial charge on any atom is 0.270 e. The van der Waals surface area contributed by atoms with Crippen molar-refractivity contribution in [2.75, 3.05) is 11.4 Å². The number of hydrogen-bond donors (Lipinski definition) is 0. The fourth-order valence-corrected chi connectivity index (χ4v) is 4.07. The molecule has 0 radical (unpaired) electrons. The van der Waals surface area contributed by atoms with Crippen molar-refractivity contribution < 1.29 is 9.66 Å². The number of nitrogens with zero attached hydrogens (tertiary/aromatic N) is 2. The Morgan fingerprint density at radius 3 is 2.77 bits per heavy atom. The van der Waals surface area contributed by atoms with Gasteiger partial charge in [0.05, 0.1) is 10.3 Å². The van der Waals surface area contributed by atoms with Crippen LogP contribution in [0.1, 0.15) is 25.0 Å². The molecule has 2 aromatic carbocycles. The molecule has 5 nitrogen and oxygen atoms in total. The van der Waals surface area contributed by atoms with Crippen LogP contribution in [0, 0.1) is 10.1 Å². The van der Waals surface area contributed by atoms with Crippen molar-refractivity contribution in [3.63, 3.8) is 0 Å². The molecule has 0 unspecified atom stereocenters. The Labute approximate surface area is 152 Å². The molecule has 0 saturated carbocycles. The third-order valence-corrected chi connectivity index (χ3v) is 5.43. The molecule has 5 heteroatoms. The standard InChI is InChI=1S/C21H20N2O3/c1-4-13-22-18-8-6-5-7-17(18)20(2,3)21(22)12-11-15-14-16(23(24)25)9-10-19(15)26-21/h4-12,14H,1,13H2,2-3H3/t21-/m1/s1. The van der Waals surface area contributed by atoms with Crippen LogP contribution < -0.4 is 9.64 Å². The van der Waals surface area contributed by atoms with Crippen LogP contribution in [0.5, 0.6) is 5.75 Å². The zero-order valence-corrected chi connectivity index (χ0v) is 14.8. The number of ether oxygens (including phenoxy) is 1. The van der Waals surface area contributed by atoms with Gasteiger partial charge < -0.3 is 9.64 Å². The van der Waals surface area contributed by atoms with Gasteiger partial charge in [0.25, 0.3) is 5.69 Å². The van der Waals surface area contributed by atoms with Crippen molar-refractivity contribution >= 4 is 17.5 Å². The number of rotatable bonds is 3. The molecule has 0 aromatic heterocycles. The van der Waals surface area contributed by atoms with Crippen LogP contribution in [0.3, 0.4) is 0 Å². The molecule has 1 atom stereocenters. The molecule has 1 spiro atoms. The Kier molecular flexibility index (Phi) is 3.44. The normalized spacial score (nSPS) is 21.8. The maximum absolute atomic E-state index is 11.0. The van der Waals surface area contributed by atoms with Crippen LogP contribution in [0.15, 0.2) is 61.2 Å². The van der Waals surface area contributed by atoms with E-state index in [2.05, 4.69) is 37.5 Å². The summed E-state index contributed by atoms with van der Waals surface area (Å²) in [5, 5.41) is 11.0. The molecule has 26 heavy (non-hydrogen) atoms. The zero-order chi connectivity index (χ0) is 18.5. The third kappa shape index (κ3) is 2.03. The van der Waals surface area contributed by atoms with Crippen molar-refractivity contribution in [1.29, 1.82) is 0 Å². The van der Waals surface area contributed by atoms with Crippen molar-refractivity contribution in [3.05, 3.63) is 82.4 Å². The van der Waals surface area contributed by atoms with Crippen LogP contribution in [0.25, 0.3) is 6.08 Å². The fraction of sp³-hybridized carbons (Fsp3) is 0.238. The minimum Gasteiger partial charge on any atom is -0.463 e. The number of benzene rings is 2. The Hall–Kier alpha value is -3.08.